The lowest BCUT2D eigenvalue weighted by Crippen LogP contribution is -2.28. The van der Waals surface area contributed by atoms with E-state index in [1.54, 1.807) is 20.8 Å². The van der Waals surface area contributed by atoms with E-state index < -0.39 is 11.6 Å². The third kappa shape index (κ3) is 1.88. The second-order valence-corrected chi connectivity index (χ2v) is 3.21. The summed E-state index contributed by atoms with van der Waals surface area (Å²) in [5.74, 6) is -0.797. The summed E-state index contributed by atoms with van der Waals surface area (Å²) in [4.78, 5) is 22.3. The van der Waals surface area contributed by atoms with E-state index in [1.165, 1.54) is 6.08 Å². The lowest BCUT2D eigenvalue weighted by Gasteiger charge is -2.16. The summed E-state index contributed by atoms with van der Waals surface area (Å²) in [5.41, 5.74) is -0.928. The molecular weight excluding hydrogens is 172 g/mol. The summed E-state index contributed by atoms with van der Waals surface area (Å²) in [5, 5.41) is 0. The van der Waals surface area contributed by atoms with Gasteiger partial charge < -0.3 is 9.47 Å². The number of ether oxygens (including phenoxy) is 2. The molecule has 0 amide bonds. The van der Waals surface area contributed by atoms with Gasteiger partial charge >= 0.3 is 5.97 Å². The van der Waals surface area contributed by atoms with Gasteiger partial charge in [-0.05, 0) is 20.8 Å². The van der Waals surface area contributed by atoms with E-state index in [0.29, 0.717) is 0 Å². The van der Waals surface area contributed by atoms with Crippen LogP contribution < -0.4 is 0 Å². The Morgan fingerprint density at radius 1 is 1.62 bits per heavy atom. The predicted octanol–water partition coefficient (Wildman–Crippen LogP) is 0.811. The highest BCUT2D eigenvalue weighted by Crippen LogP contribution is 2.24. The Morgan fingerprint density at radius 3 is 2.62 bits per heavy atom. The lowest BCUT2D eigenvalue weighted by atomic mass is 10.1. The van der Waals surface area contributed by atoms with Crippen molar-refractivity contribution in [2.24, 2.45) is 0 Å². The monoisotopic (exact) mass is 184 g/mol. The van der Waals surface area contributed by atoms with Crippen molar-refractivity contribution in [3.63, 3.8) is 0 Å². The van der Waals surface area contributed by atoms with Crippen molar-refractivity contribution in [3.05, 3.63) is 11.8 Å². The third-order valence-corrected chi connectivity index (χ3v) is 1.70. The largest absolute Gasteiger partial charge is 0.472 e. The van der Waals surface area contributed by atoms with Gasteiger partial charge in [-0.25, -0.2) is 4.79 Å². The Hall–Kier alpha value is -1.32. The molecule has 0 saturated carbocycles. The van der Waals surface area contributed by atoms with E-state index >= 15 is 0 Å². The van der Waals surface area contributed by atoms with Crippen LogP contribution in [0.25, 0.3) is 0 Å². The Kier molecular flexibility index (Phi) is 2.40. The van der Waals surface area contributed by atoms with E-state index in [2.05, 4.69) is 4.74 Å². The van der Waals surface area contributed by atoms with E-state index in [1.807, 2.05) is 0 Å². The highest BCUT2D eigenvalue weighted by atomic mass is 16.6. The molecule has 0 bridgehead atoms. The van der Waals surface area contributed by atoms with Crippen LogP contribution in [-0.2, 0) is 19.1 Å². The minimum absolute atomic E-state index is 0.00292. The average Bonchev–Trinajstić information content (AvgIpc) is 2.27. The number of carbonyl (C=O) groups excluding carboxylic acids is 2. The zero-order chi connectivity index (χ0) is 10.1. The summed E-state index contributed by atoms with van der Waals surface area (Å²) in [7, 11) is 0. The quantitative estimate of drug-likeness (QED) is 0.596. The smallest absolute Gasteiger partial charge is 0.373 e. The third-order valence-electron chi connectivity index (χ3n) is 1.70. The summed E-state index contributed by atoms with van der Waals surface area (Å²) >= 11 is 0. The number of ketones is 1. The molecule has 0 unspecified atom stereocenters. The first kappa shape index (κ1) is 9.77. The average molecular weight is 184 g/mol. The summed E-state index contributed by atoms with van der Waals surface area (Å²) in [6.45, 7) is 5.19. The van der Waals surface area contributed by atoms with Crippen LogP contribution >= 0.6 is 0 Å². The number of carbonyl (C=O) groups is 2. The molecule has 0 N–H and O–H groups in total. The molecule has 0 fully saturated rings. The molecule has 0 radical (unpaired) electrons. The van der Waals surface area contributed by atoms with E-state index in [4.69, 9.17) is 4.74 Å². The van der Waals surface area contributed by atoms with Gasteiger partial charge in [-0.2, -0.15) is 0 Å². The first-order chi connectivity index (χ1) is 5.97. The zero-order valence-electron chi connectivity index (χ0n) is 7.92. The molecule has 4 nitrogen and oxygen atoms in total. The van der Waals surface area contributed by atoms with Crippen LogP contribution in [0.3, 0.4) is 0 Å². The van der Waals surface area contributed by atoms with E-state index in [9.17, 15) is 9.59 Å². The van der Waals surface area contributed by atoms with Gasteiger partial charge in [-0.15, -0.1) is 0 Å². The minimum atomic E-state index is -0.928. The molecule has 0 aromatic rings. The van der Waals surface area contributed by atoms with Gasteiger partial charge in [-0.1, -0.05) is 0 Å². The highest BCUT2D eigenvalue weighted by Gasteiger charge is 2.38. The predicted molar refractivity (Wildman–Crippen MR) is 44.9 cm³/mol. The minimum Gasteiger partial charge on any atom is -0.472 e. The molecule has 1 aliphatic heterocycles. The van der Waals surface area contributed by atoms with Crippen LogP contribution in [0.1, 0.15) is 20.8 Å². The van der Waals surface area contributed by atoms with Gasteiger partial charge in [0.2, 0.25) is 11.5 Å². The zero-order valence-corrected chi connectivity index (χ0v) is 7.92. The van der Waals surface area contributed by atoms with Crippen molar-refractivity contribution in [1.82, 2.24) is 0 Å². The standard InChI is InChI=1S/C9H12O4/c1-4-12-8(11)6-5-7(10)9(2,3)13-6/h5H,4H2,1-3H3. The summed E-state index contributed by atoms with van der Waals surface area (Å²) < 4.78 is 9.80. The topological polar surface area (TPSA) is 52.6 Å². The Balaban J connectivity index is 2.72. The molecule has 1 aliphatic rings. The molecule has 0 aromatic carbocycles. The Morgan fingerprint density at radius 2 is 2.23 bits per heavy atom. The lowest BCUT2D eigenvalue weighted by molar-refractivity contribution is -0.145. The molecule has 0 aliphatic carbocycles. The van der Waals surface area contributed by atoms with Crippen LogP contribution in [0.15, 0.2) is 11.8 Å². The van der Waals surface area contributed by atoms with Crippen molar-refractivity contribution >= 4 is 11.8 Å². The van der Waals surface area contributed by atoms with Gasteiger partial charge in [0.25, 0.3) is 0 Å². The normalized spacial score (nSPS) is 19.3. The van der Waals surface area contributed by atoms with Crippen LogP contribution in [0.2, 0.25) is 0 Å². The molecule has 0 atom stereocenters. The molecule has 1 heterocycles. The van der Waals surface area contributed by atoms with E-state index in [-0.39, 0.29) is 18.1 Å². The van der Waals surface area contributed by atoms with Crippen LogP contribution in [-0.4, -0.2) is 24.0 Å². The molecule has 1 rings (SSSR count). The molecule has 0 aromatic heterocycles. The second-order valence-electron chi connectivity index (χ2n) is 3.21. The molecular formula is C9H12O4. The highest BCUT2D eigenvalue weighted by molar-refractivity contribution is 6.05. The summed E-state index contributed by atoms with van der Waals surface area (Å²) in [6, 6.07) is 0. The fourth-order valence-corrected chi connectivity index (χ4v) is 0.950. The Labute approximate surface area is 76.5 Å². The molecule has 13 heavy (non-hydrogen) atoms. The maximum Gasteiger partial charge on any atom is 0.373 e. The summed E-state index contributed by atoms with van der Waals surface area (Å²) in [6.07, 6.45) is 1.18. The van der Waals surface area contributed by atoms with Gasteiger partial charge in [0.1, 0.15) is 0 Å². The van der Waals surface area contributed by atoms with Gasteiger partial charge in [0.05, 0.1) is 6.61 Å². The van der Waals surface area contributed by atoms with Crippen LogP contribution in [0.5, 0.6) is 0 Å². The molecule has 0 saturated heterocycles. The second kappa shape index (κ2) is 3.20. The Bertz CT molecular complexity index is 275. The fourth-order valence-electron chi connectivity index (χ4n) is 0.950. The fraction of sp³-hybridized carbons (Fsp3) is 0.556. The number of hydrogen-bond donors (Lipinski definition) is 0. The van der Waals surface area contributed by atoms with Crippen molar-refractivity contribution in [1.29, 1.82) is 0 Å². The molecule has 4 heteroatoms. The van der Waals surface area contributed by atoms with Gasteiger partial charge in [0.15, 0.2) is 5.60 Å². The van der Waals surface area contributed by atoms with Crippen LogP contribution in [0.4, 0.5) is 0 Å². The van der Waals surface area contributed by atoms with Crippen molar-refractivity contribution in [3.8, 4) is 0 Å². The maximum absolute atomic E-state index is 11.2. The van der Waals surface area contributed by atoms with E-state index in [0.717, 1.165) is 0 Å². The van der Waals surface area contributed by atoms with Crippen molar-refractivity contribution < 1.29 is 19.1 Å². The molecule has 72 valence electrons. The van der Waals surface area contributed by atoms with Crippen molar-refractivity contribution in [2.75, 3.05) is 6.61 Å². The first-order valence-electron chi connectivity index (χ1n) is 4.09. The number of esters is 1. The SMILES string of the molecule is CCOC(=O)C1=CC(=O)C(C)(C)O1. The number of hydrogen-bond acceptors (Lipinski definition) is 4. The molecule has 0 spiro atoms. The van der Waals surface area contributed by atoms with Gasteiger partial charge in [-0.3, -0.25) is 4.79 Å². The van der Waals surface area contributed by atoms with Gasteiger partial charge in [0, 0.05) is 6.08 Å². The maximum atomic E-state index is 11.2. The first-order valence-corrected chi connectivity index (χ1v) is 4.09. The van der Waals surface area contributed by atoms with Crippen molar-refractivity contribution in [2.45, 2.75) is 26.4 Å². The van der Waals surface area contributed by atoms with Crippen LogP contribution in [0, 0.1) is 0 Å². The number of rotatable bonds is 2.